The van der Waals surface area contributed by atoms with E-state index in [2.05, 4.69) is 5.32 Å². The van der Waals surface area contributed by atoms with Gasteiger partial charge in [-0.1, -0.05) is 19.3 Å². The van der Waals surface area contributed by atoms with Crippen LogP contribution in [-0.2, 0) is 14.3 Å². The standard InChI is InChI=1S/C12H24N2O3/c1-16-8-7-14-11(15)9-17-12(10-13)5-3-2-4-6-12/h2-10,13H2,1H3,(H,14,15). The van der Waals surface area contributed by atoms with E-state index in [-0.39, 0.29) is 18.1 Å². The van der Waals surface area contributed by atoms with Gasteiger partial charge in [0.15, 0.2) is 0 Å². The molecule has 1 rings (SSSR count). The van der Waals surface area contributed by atoms with Crippen LogP contribution in [0.25, 0.3) is 0 Å². The van der Waals surface area contributed by atoms with Gasteiger partial charge in [-0.15, -0.1) is 0 Å². The lowest BCUT2D eigenvalue weighted by Crippen LogP contribution is -2.45. The largest absolute Gasteiger partial charge is 0.383 e. The Hall–Kier alpha value is -0.650. The van der Waals surface area contributed by atoms with Crippen LogP contribution in [-0.4, -0.2) is 44.9 Å². The van der Waals surface area contributed by atoms with Crippen molar-refractivity contribution in [1.29, 1.82) is 0 Å². The zero-order valence-electron chi connectivity index (χ0n) is 10.7. The smallest absolute Gasteiger partial charge is 0.246 e. The molecule has 0 aromatic heterocycles. The summed E-state index contributed by atoms with van der Waals surface area (Å²) in [5, 5.41) is 2.73. The molecule has 0 aromatic rings. The summed E-state index contributed by atoms with van der Waals surface area (Å²) in [7, 11) is 1.61. The molecule has 1 saturated carbocycles. The van der Waals surface area contributed by atoms with Crippen molar-refractivity contribution in [3.63, 3.8) is 0 Å². The molecule has 5 nitrogen and oxygen atoms in total. The molecule has 100 valence electrons. The number of carbonyl (C=O) groups is 1. The molecule has 0 atom stereocenters. The van der Waals surface area contributed by atoms with Gasteiger partial charge in [-0.2, -0.15) is 0 Å². The van der Waals surface area contributed by atoms with Gasteiger partial charge < -0.3 is 20.5 Å². The summed E-state index contributed by atoms with van der Waals surface area (Å²) in [6, 6.07) is 0. The molecule has 1 fully saturated rings. The fraction of sp³-hybridized carbons (Fsp3) is 0.917. The fourth-order valence-corrected chi connectivity index (χ4v) is 2.17. The van der Waals surface area contributed by atoms with Crippen molar-refractivity contribution in [3.8, 4) is 0 Å². The summed E-state index contributed by atoms with van der Waals surface area (Å²) in [5.41, 5.74) is 5.50. The van der Waals surface area contributed by atoms with Crippen LogP contribution in [0.1, 0.15) is 32.1 Å². The van der Waals surface area contributed by atoms with Crippen molar-refractivity contribution in [3.05, 3.63) is 0 Å². The molecule has 5 heteroatoms. The van der Waals surface area contributed by atoms with Crippen molar-refractivity contribution in [2.24, 2.45) is 5.73 Å². The van der Waals surface area contributed by atoms with Crippen molar-refractivity contribution in [2.45, 2.75) is 37.7 Å². The van der Waals surface area contributed by atoms with Crippen molar-refractivity contribution in [1.82, 2.24) is 5.32 Å². The normalized spacial score (nSPS) is 18.9. The van der Waals surface area contributed by atoms with Gasteiger partial charge in [0.1, 0.15) is 6.61 Å². The molecule has 17 heavy (non-hydrogen) atoms. The number of carbonyl (C=O) groups excluding carboxylic acids is 1. The fourth-order valence-electron chi connectivity index (χ4n) is 2.17. The third kappa shape index (κ3) is 5.02. The number of rotatable bonds is 7. The molecule has 1 aliphatic rings. The number of hydrogen-bond donors (Lipinski definition) is 2. The number of hydrogen-bond acceptors (Lipinski definition) is 4. The van der Waals surface area contributed by atoms with E-state index in [1.54, 1.807) is 7.11 Å². The molecule has 3 N–H and O–H groups in total. The summed E-state index contributed by atoms with van der Waals surface area (Å²) >= 11 is 0. The average molecular weight is 244 g/mol. The number of ether oxygens (including phenoxy) is 2. The Bertz CT molecular complexity index is 228. The number of amides is 1. The Labute approximate surface area is 103 Å². The van der Waals surface area contributed by atoms with Crippen LogP contribution in [0.2, 0.25) is 0 Å². The number of methoxy groups -OCH3 is 1. The minimum atomic E-state index is -0.267. The van der Waals surface area contributed by atoms with Gasteiger partial charge in [0.05, 0.1) is 12.2 Å². The van der Waals surface area contributed by atoms with Crippen LogP contribution in [0.5, 0.6) is 0 Å². The van der Waals surface area contributed by atoms with E-state index in [1.807, 2.05) is 0 Å². The van der Waals surface area contributed by atoms with Crippen LogP contribution in [0, 0.1) is 0 Å². The molecule has 0 bridgehead atoms. The summed E-state index contributed by atoms with van der Waals surface area (Å²) in [4.78, 5) is 11.5. The molecular weight excluding hydrogens is 220 g/mol. The van der Waals surface area contributed by atoms with Crippen molar-refractivity contribution >= 4 is 5.91 Å². The predicted octanol–water partition coefficient (Wildman–Crippen LogP) is 0.427. The number of nitrogens with one attached hydrogen (secondary N) is 1. The maximum atomic E-state index is 11.5. The molecule has 0 unspecified atom stereocenters. The van der Waals surface area contributed by atoms with Crippen LogP contribution in [0.3, 0.4) is 0 Å². The first kappa shape index (κ1) is 14.4. The second kappa shape index (κ2) is 7.63. The Morgan fingerprint density at radius 3 is 2.65 bits per heavy atom. The minimum absolute atomic E-state index is 0.0968. The molecule has 0 heterocycles. The van der Waals surface area contributed by atoms with Gasteiger partial charge in [-0.25, -0.2) is 0 Å². The Kier molecular flexibility index (Phi) is 6.47. The lowest BCUT2D eigenvalue weighted by molar-refractivity contribution is -0.135. The third-order valence-electron chi connectivity index (χ3n) is 3.27. The molecular formula is C12H24N2O3. The minimum Gasteiger partial charge on any atom is -0.383 e. The highest BCUT2D eigenvalue weighted by Crippen LogP contribution is 2.30. The van der Waals surface area contributed by atoms with Crippen LogP contribution >= 0.6 is 0 Å². The predicted molar refractivity (Wildman–Crippen MR) is 65.7 cm³/mol. The van der Waals surface area contributed by atoms with Crippen molar-refractivity contribution < 1.29 is 14.3 Å². The summed E-state index contributed by atoms with van der Waals surface area (Å²) in [6.07, 6.45) is 5.46. The highest BCUT2D eigenvalue weighted by molar-refractivity contribution is 5.77. The van der Waals surface area contributed by atoms with E-state index in [4.69, 9.17) is 15.2 Å². The highest BCUT2D eigenvalue weighted by atomic mass is 16.5. The van der Waals surface area contributed by atoms with Gasteiger partial charge in [0, 0.05) is 20.2 Å². The topological polar surface area (TPSA) is 73.6 Å². The van der Waals surface area contributed by atoms with E-state index in [1.165, 1.54) is 6.42 Å². The molecule has 1 amide bonds. The lowest BCUT2D eigenvalue weighted by Gasteiger charge is -2.35. The molecule has 0 radical (unpaired) electrons. The molecule has 0 saturated heterocycles. The van der Waals surface area contributed by atoms with E-state index >= 15 is 0 Å². The summed E-state index contributed by atoms with van der Waals surface area (Å²) in [6.45, 7) is 1.64. The van der Waals surface area contributed by atoms with Gasteiger partial charge >= 0.3 is 0 Å². The molecule has 1 aliphatic carbocycles. The first-order valence-corrected chi connectivity index (χ1v) is 6.32. The Morgan fingerprint density at radius 1 is 1.35 bits per heavy atom. The average Bonchev–Trinajstić information content (AvgIpc) is 2.38. The first-order valence-electron chi connectivity index (χ1n) is 6.32. The quantitative estimate of drug-likeness (QED) is 0.637. The van der Waals surface area contributed by atoms with Crippen LogP contribution in [0.4, 0.5) is 0 Å². The van der Waals surface area contributed by atoms with E-state index < -0.39 is 0 Å². The van der Waals surface area contributed by atoms with Gasteiger partial charge in [0.25, 0.3) is 0 Å². The van der Waals surface area contributed by atoms with E-state index in [9.17, 15) is 4.79 Å². The SMILES string of the molecule is COCCNC(=O)COC1(CN)CCCCC1. The Morgan fingerprint density at radius 2 is 2.06 bits per heavy atom. The zero-order valence-corrected chi connectivity index (χ0v) is 10.7. The van der Waals surface area contributed by atoms with E-state index in [0.29, 0.717) is 19.7 Å². The van der Waals surface area contributed by atoms with Gasteiger partial charge in [0.2, 0.25) is 5.91 Å². The van der Waals surface area contributed by atoms with Crippen molar-refractivity contribution in [2.75, 3.05) is 33.4 Å². The van der Waals surface area contributed by atoms with Crippen LogP contribution < -0.4 is 11.1 Å². The van der Waals surface area contributed by atoms with Gasteiger partial charge in [-0.05, 0) is 12.8 Å². The van der Waals surface area contributed by atoms with Crippen LogP contribution in [0.15, 0.2) is 0 Å². The maximum absolute atomic E-state index is 11.5. The number of nitrogens with two attached hydrogens (primary N) is 1. The summed E-state index contributed by atoms with van der Waals surface area (Å²) < 4.78 is 10.6. The second-order valence-electron chi connectivity index (χ2n) is 4.58. The second-order valence-corrected chi connectivity index (χ2v) is 4.58. The molecule has 0 aliphatic heterocycles. The Balaban J connectivity index is 2.24. The third-order valence-corrected chi connectivity index (χ3v) is 3.27. The monoisotopic (exact) mass is 244 g/mol. The van der Waals surface area contributed by atoms with E-state index in [0.717, 1.165) is 25.7 Å². The lowest BCUT2D eigenvalue weighted by atomic mass is 9.85. The maximum Gasteiger partial charge on any atom is 0.246 e. The molecule has 0 aromatic carbocycles. The zero-order chi connectivity index (χ0) is 12.6. The molecule has 0 spiro atoms. The highest BCUT2D eigenvalue weighted by Gasteiger charge is 2.31. The van der Waals surface area contributed by atoms with Gasteiger partial charge in [-0.3, -0.25) is 4.79 Å². The first-order chi connectivity index (χ1) is 8.22. The summed E-state index contributed by atoms with van der Waals surface area (Å²) in [5.74, 6) is -0.0968.